The molecule has 25 heavy (non-hydrogen) atoms. The lowest BCUT2D eigenvalue weighted by Gasteiger charge is -2.25. The van der Waals surface area contributed by atoms with E-state index in [1.54, 1.807) is 13.3 Å². The third kappa shape index (κ3) is 4.66. The molecular weight excluding hydrogens is 316 g/mol. The van der Waals surface area contributed by atoms with Crippen molar-refractivity contribution in [3.63, 3.8) is 0 Å². The fourth-order valence-corrected chi connectivity index (χ4v) is 2.56. The van der Waals surface area contributed by atoms with Crippen molar-refractivity contribution in [1.82, 2.24) is 20.1 Å². The van der Waals surface area contributed by atoms with Crippen LogP contribution in [0, 0.1) is 6.92 Å². The lowest BCUT2D eigenvalue weighted by atomic mass is 10.0. The van der Waals surface area contributed by atoms with E-state index in [-0.39, 0.29) is 11.4 Å². The zero-order valence-electron chi connectivity index (χ0n) is 16.2. The molecule has 0 aliphatic carbocycles. The predicted octanol–water partition coefficient (Wildman–Crippen LogP) is 3.16. The summed E-state index contributed by atoms with van der Waals surface area (Å²) in [6, 6.07) is 1.82. The number of ether oxygens (including phenoxy) is 1. The second kappa shape index (κ2) is 6.96. The molecule has 0 aliphatic rings. The number of hydrogen-bond donors (Lipinski definition) is 1. The van der Waals surface area contributed by atoms with Crippen LogP contribution in [-0.4, -0.2) is 39.9 Å². The average molecular weight is 344 g/mol. The van der Waals surface area contributed by atoms with Gasteiger partial charge in [0.15, 0.2) is 0 Å². The Balaban J connectivity index is 2.32. The molecule has 0 unspecified atom stereocenters. The van der Waals surface area contributed by atoms with E-state index in [1.807, 2.05) is 43.9 Å². The molecule has 6 heteroatoms. The first kappa shape index (κ1) is 19.1. The normalized spacial score (nSPS) is 12.3. The van der Waals surface area contributed by atoms with Crippen LogP contribution in [0.1, 0.15) is 50.7 Å². The lowest BCUT2D eigenvalue weighted by Crippen LogP contribution is -2.47. The van der Waals surface area contributed by atoms with Crippen LogP contribution in [0.2, 0.25) is 0 Å². The summed E-state index contributed by atoms with van der Waals surface area (Å²) in [5, 5.41) is 7.40. The topological polar surface area (TPSA) is 69.0 Å². The summed E-state index contributed by atoms with van der Waals surface area (Å²) in [6.45, 7) is 12.5. The van der Waals surface area contributed by atoms with Crippen molar-refractivity contribution in [2.45, 2.75) is 52.6 Å². The highest BCUT2D eigenvalue weighted by molar-refractivity contribution is 5.94. The second-order valence-electron chi connectivity index (χ2n) is 8.00. The van der Waals surface area contributed by atoms with Crippen LogP contribution in [0.15, 0.2) is 24.7 Å². The first-order valence-corrected chi connectivity index (χ1v) is 8.37. The van der Waals surface area contributed by atoms with Gasteiger partial charge in [-0.15, -0.1) is 0 Å². The van der Waals surface area contributed by atoms with Crippen molar-refractivity contribution in [1.29, 1.82) is 0 Å². The molecule has 0 radical (unpaired) electrons. The van der Waals surface area contributed by atoms with Gasteiger partial charge in [0.2, 0.25) is 0 Å². The molecule has 2 aromatic rings. The van der Waals surface area contributed by atoms with Crippen molar-refractivity contribution in [3.05, 3.63) is 35.9 Å². The summed E-state index contributed by atoms with van der Waals surface area (Å²) in [6.07, 6.45) is 5.55. The number of aryl methyl sites for hydroxylation is 1. The Morgan fingerprint density at radius 3 is 2.48 bits per heavy atom. The number of aromatic nitrogens is 3. The summed E-state index contributed by atoms with van der Waals surface area (Å²) in [5.41, 5.74) is 2.76. The second-order valence-corrected chi connectivity index (χ2v) is 8.00. The van der Waals surface area contributed by atoms with Crippen LogP contribution < -0.4 is 5.32 Å². The van der Waals surface area contributed by atoms with Crippen molar-refractivity contribution < 1.29 is 9.53 Å². The minimum absolute atomic E-state index is 0.0937. The quantitative estimate of drug-likeness (QED) is 0.904. The van der Waals surface area contributed by atoms with E-state index in [0.29, 0.717) is 12.3 Å². The lowest BCUT2D eigenvalue weighted by molar-refractivity contribution is 0.0815. The molecule has 1 N–H and O–H groups in total. The third-order valence-corrected chi connectivity index (χ3v) is 3.87. The van der Waals surface area contributed by atoms with Gasteiger partial charge in [0.1, 0.15) is 5.69 Å². The van der Waals surface area contributed by atoms with E-state index in [2.05, 4.69) is 36.2 Å². The molecule has 2 rings (SSSR count). The number of nitrogens with one attached hydrogen (secondary N) is 1. The molecule has 0 spiro atoms. The third-order valence-electron chi connectivity index (χ3n) is 3.87. The molecule has 0 saturated carbocycles. The highest BCUT2D eigenvalue weighted by Crippen LogP contribution is 2.25. The van der Waals surface area contributed by atoms with Gasteiger partial charge in [0.05, 0.1) is 23.9 Å². The Hall–Kier alpha value is -2.21. The largest absolute Gasteiger partial charge is 0.382 e. The van der Waals surface area contributed by atoms with Gasteiger partial charge in [-0.25, -0.2) is 0 Å². The molecule has 6 nitrogen and oxygen atoms in total. The number of pyridine rings is 1. The number of carbonyl (C=O) groups is 1. The maximum atomic E-state index is 12.5. The Morgan fingerprint density at radius 1 is 1.24 bits per heavy atom. The summed E-state index contributed by atoms with van der Waals surface area (Å²) < 4.78 is 7.06. The molecule has 136 valence electrons. The minimum atomic E-state index is -0.463. The van der Waals surface area contributed by atoms with E-state index >= 15 is 0 Å². The molecule has 2 aromatic heterocycles. The van der Waals surface area contributed by atoms with Gasteiger partial charge >= 0.3 is 0 Å². The maximum Gasteiger partial charge on any atom is 0.270 e. The molecule has 0 bridgehead atoms. The van der Waals surface area contributed by atoms with Crippen molar-refractivity contribution in [3.8, 4) is 11.1 Å². The predicted molar refractivity (Wildman–Crippen MR) is 98.6 cm³/mol. The Labute approximate surface area is 149 Å². The van der Waals surface area contributed by atoms with Gasteiger partial charge < -0.3 is 10.1 Å². The molecule has 0 aromatic carbocycles. The van der Waals surface area contributed by atoms with Crippen LogP contribution in [0.4, 0.5) is 0 Å². The Bertz CT molecular complexity index is 757. The molecule has 0 saturated heterocycles. The first-order chi connectivity index (χ1) is 11.5. The Morgan fingerprint density at radius 2 is 1.92 bits per heavy atom. The monoisotopic (exact) mass is 344 g/mol. The van der Waals surface area contributed by atoms with Gasteiger partial charge in [-0.2, -0.15) is 5.10 Å². The van der Waals surface area contributed by atoms with E-state index in [0.717, 1.165) is 16.7 Å². The fourth-order valence-electron chi connectivity index (χ4n) is 2.56. The highest BCUT2D eigenvalue weighted by atomic mass is 16.5. The molecule has 0 aliphatic heterocycles. The van der Waals surface area contributed by atoms with Gasteiger partial charge in [-0.05, 0) is 58.7 Å². The van der Waals surface area contributed by atoms with Crippen LogP contribution in [0.25, 0.3) is 11.1 Å². The van der Waals surface area contributed by atoms with Gasteiger partial charge in [-0.1, -0.05) is 0 Å². The molecule has 2 heterocycles. The Kier molecular flexibility index (Phi) is 5.32. The zero-order chi connectivity index (χ0) is 18.8. The van der Waals surface area contributed by atoms with E-state index < -0.39 is 5.54 Å². The number of hydrogen-bond acceptors (Lipinski definition) is 4. The fraction of sp³-hybridized carbons (Fsp3) is 0.526. The van der Waals surface area contributed by atoms with Gasteiger partial charge in [0.25, 0.3) is 5.91 Å². The van der Waals surface area contributed by atoms with Crippen LogP contribution in [0.5, 0.6) is 0 Å². The highest BCUT2D eigenvalue weighted by Gasteiger charge is 2.22. The van der Waals surface area contributed by atoms with Gasteiger partial charge in [0, 0.05) is 25.1 Å². The van der Waals surface area contributed by atoms with Crippen molar-refractivity contribution in [2.24, 2.45) is 0 Å². The summed E-state index contributed by atoms with van der Waals surface area (Å²) in [7, 11) is 1.61. The van der Waals surface area contributed by atoms with Crippen molar-refractivity contribution in [2.75, 3.05) is 13.7 Å². The summed E-state index contributed by atoms with van der Waals surface area (Å²) in [4.78, 5) is 16.8. The molecule has 0 atom stereocenters. The SMILES string of the molecule is COCC(C)(C)NC(=O)c1cc(-c2cnn(C(C)(C)C)c2)c(C)cn1. The van der Waals surface area contributed by atoms with Gasteiger partial charge in [-0.3, -0.25) is 14.5 Å². The number of methoxy groups -OCH3 is 1. The first-order valence-electron chi connectivity index (χ1n) is 8.37. The number of amides is 1. The van der Waals surface area contributed by atoms with Crippen LogP contribution >= 0.6 is 0 Å². The molecule has 1 amide bonds. The van der Waals surface area contributed by atoms with Crippen LogP contribution in [-0.2, 0) is 10.3 Å². The van der Waals surface area contributed by atoms with E-state index in [9.17, 15) is 4.79 Å². The standard InChI is InChI=1S/C19H28N4O2/c1-13-9-20-16(17(24)22-19(5,6)12-25-7)8-15(13)14-10-21-23(11-14)18(2,3)4/h8-11H,12H2,1-7H3,(H,22,24). The smallest absolute Gasteiger partial charge is 0.270 e. The zero-order valence-corrected chi connectivity index (χ0v) is 16.2. The van der Waals surface area contributed by atoms with E-state index in [4.69, 9.17) is 4.74 Å². The molecule has 0 fully saturated rings. The minimum Gasteiger partial charge on any atom is -0.382 e. The number of rotatable bonds is 5. The average Bonchev–Trinajstić information content (AvgIpc) is 2.96. The van der Waals surface area contributed by atoms with E-state index in [1.165, 1.54) is 0 Å². The van der Waals surface area contributed by atoms with Crippen LogP contribution in [0.3, 0.4) is 0 Å². The molecular formula is C19H28N4O2. The number of carbonyl (C=O) groups excluding carboxylic acids is 1. The van der Waals surface area contributed by atoms with Crippen molar-refractivity contribution >= 4 is 5.91 Å². The summed E-state index contributed by atoms with van der Waals surface area (Å²) in [5.74, 6) is -0.216. The maximum absolute atomic E-state index is 12.5. The summed E-state index contributed by atoms with van der Waals surface area (Å²) >= 11 is 0. The number of nitrogens with zero attached hydrogens (tertiary/aromatic N) is 3.